The predicted octanol–water partition coefficient (Wildman–Crippen LogP) is 4.07. The van der Waals surface area contributed by atoms with Gasteiger partial charge in [0.1, 0.15) is 17.1 Å². The minimum Gasteiger partial charge on any atom is -0.495 e. The number of halogens is 3. The second-order valence-electron chi connectivity index (χ2n) is 5.28. The smallest absolute Gasteiger partial charge is 0.417 e. The molecule has 4 nitrogen and oxygen atoms in total. The fraction of sp³-hybridized carbons (Fsp3) is 0.438. The summed E-state index contributed by atoms with van der Waals surface area (Å²) in [6.45, 7) is 0. The third kappa shape index (κ3) is 3.98. The monoisotopic (exact) mass is 362 g/mol. The van der Waals surface area contributed by atoms with Crippen LogP contribution >= 0.6 is 0 Å². The zero-order valence-corrected chi connectivity index (χ0v) is 14.1. The Balaban J connectivity index is 2.47. The third-order valence-corrected chi connectivity index (χ3v) is 4.58. The van der Waals surface area contributed by atoms with Gasteiger partial charge < -0.3 is 9.47 Å². The summed E-state index contributed by atoms with van der Waals surface area (Å²) in [6.07, 6.45) is 1.46. The van der Waals surface area contributed by atoms with Crippen LogP contribution in [0.3, 0.4) is 0 Å². The molecule has 1 aromatic carbocycles. The van der Waals surface area contributed by atoms with Gasteiger partial charge in [-0.15, -0.1) is 0 Å². The first-order valence-corrected chi connectivity index (χ1v) is 8.84. The molecule has 0 heterocycles. The SMILES string of the molecule is COc1c(C(=O)OC2=CCCCC2)ccc(C(F)(F)F)c1S(C)=O. The maximum Gasteiger partial charge on any atom is 0.417 e. The molecule has 0 fully saturated rings. The van der Waals surface area contributed by atoms with Gasteiger partial charge in [-0.3, -0.25) is 4.21 Å². The molecule has 0 saturated carbocycles. The number of rotatable bonds is 4. The van der Waals surface area contributed by atoms with Gasteiger partial charge in [0, 0.05) is 12.7 Å². The fourth-order valence-corrected chi connectivity index (χ4v) is 3.46. The van der Waals surface area contributed by atoms with Crippen LogP contribution in [0.2, 0.25) is 0 Å². The number of methoxy groups -OCH3 is 1. The molecule has 8 heteroatoms. The Kier molecular flexibility index (Phi) is 5.69. The Morgan fingerprint density at radius 2 is 1.96 bits per heavy atom. The number of esters is 1. The lowest BCUT2D eigenvalue weighted by atomic mass is 10.1. The highest BCUT2D eigenvalue weighted by Crippen LogP contribution is 2.40. The number of hydrogen-bond acceptors (Lipinski definition) is 4. The van der Waals surface area contributed by atoms with Crippen molar-refractivity contribution in [2.75, 3.05) is 13.4 Å². The van der Waals surface area contributed by atoms with Crippen LogP contribution in [0, 0.1) is 0 Å². The molecule has 24 heavy (non-hydrogen) atoms. The van der Waals surface area contributed by atoms with Crippen molar-refractivity contribution in [1.29, 1.82) is 0 Å². The highest BCUT2D eigenvalue weighted by molar-refractivity contribution is 7.84. The van der Waals surface area contributed by atoms with Crippen LogP contribution in [0.5, 0.6) is 5.75 Å². The van der Waals surface area contributed by atoms with E-state index in [0.29, 0.717) is 12.2 Å². The van der Waals surface area contributed by atoms with Crippen molar-refractivity contribution in [2.24, 2.45) is 0 Å². The van der Waals surface area contributed by atoms with E-state index < -0.39 is 33.4 Å². The first kappa shape index (κ1) is 18.5. The van der Waals surface area contributed by atoms with E-state index in [9.17, 15) is 22.2 Å². The maximum absolute atomic E-state index is 13.1. The normalized spacial score (nSPS) is 16.3. The quantitative estimate of drug-likeness (QED) is 0.758. The van der Waals surface area contributed by atoms with Gasteiger partial charge in [-0.25, -0.2) is 4.79 Å². The Hall–Kier alpha value is -1.83. The van der Waals surface area contributed by atoms with Gasteiger partial charge in [0.2, 0.25) is 0 Å². The summed E-state index contributed by atoms with van der Waals surface area (Å²) >= 11 is 0. The molecule has 0 amide bonds. The van der Waals surface area contributed by atoms with E-state index in [-0.39, 0.29) is 11.3 Å². The zero-order valence-electron chi connectivity index (χ0n) is 13.2. The summed E-state index contributed by atoms with van der Waals surface area (Å²) in [7, 11) is -0.872. The summed E-state index contributed by atoms with van der Waals surface area (Å²) in [5, 5.41) is 0. The molecule has 0 radical (unpaired) electrons. The minimum absolute atomic E-state index is 0.179. The van der Waals surface area contributed by atoms with Gasteiger partial charge in [-0.2, -0.15) is 13.2 Å². The lowest BCUT2D eigenvalue weighted by Crippen LogP contribution is -2.15. The van der Waals surface area contributed by atoms with Gasteiger partial charge in [-0.05, 0) is 37.5 Å². The number of alkyl halides is 3. The highest BCUT2D eigenvalue weighted by Gasteiger charge is 2.37. The maximum atomic E-state index is 13.1. The summed E-state index contributed by atoms with van der Waals surface area (Å²) in [5.74, 6) is -0.695. The number of allylic oxidation sites excluding steroid dienone is 2. The van der Waals surface area contributed by atoms with Crippen molar-refractivity contribution in [3.63, 3.8) is 0 Å². The number of ether oxygens (including phenoxy) is 2. The molecule has 2 rings (SSSR count). The number of benzene rings is 1. The van der Waals surface area contributed by atoms with Crippen molar-refractivity contribution in [1.82, 2.24) is 0 Å². The van der Waals surface area contributed by atoms with Gasteiger partial charge in [0.15, 0.2) is 0 Å². The number of carbonyl (C=O) groups is 1. The van der Waals surface area contributed by atoms with Gasteiger partial charge in [0.25, 0.3) is 0 Å². The summed E-state index contributed by atoms with van der Waals surface area (Å²) in [5.41, 5.74) is -1.27. The Labute approximate surface area is 140 Å². The average molecular weight is 362 g/mol. The summed E-state index contributed by atoms with van der Waals surface area (Å²) in [6, 6.07) is 1.72. The van der Waals surface area contributed by atoms with E-state index in [4.69, 9.17) is 9.47 Å². The molecule has 0 spiro atoms. The molecular weight excluding hydrogens is 345 g/mol. The number of carbonyl (C=O) groups excluding carboxylic acids is 1. The van der Waals surface area contributed by atoms with Crippen LogP contribution in [-0.2, 0) is 21.7 Å². The van der Waals surface area contributed by atoms with Crippen molar-refractivity contribution in [2.45, 2.75) is 36.8 Å². The Bertz CT molecular complexity index is 695. The first-order valence-electron chi connectivity index (χ1n) is 7.28. The van der Waals surface area contributed by atoms with E-state index in [1.54, 1.807) is 6.08 Å². The van der Waals surface area contributed by atoms with Crippen LogP contribution < -0.4 is 4.74 Å². The van der Waals surface area contributed by atoms with Crippen LogP contribution in [0.1, 0.15) is 41.6 Å². The zero-order chi connectivity index (χ0) is 17.9. The van der Waals surface area contributed by atoms with Gasteiger partial charge in [0.05, 0.1) is 28.4 Å². The summed E-state index contributed by atoms with van der Waals surface area (Å²) in [4.78, 5) is 11.7. The minimum atomic E-state index is -4.71. The van der Waals surface area contributed by atoms with Crippen LogP contribution in [0.4, 0.5) is 13.2 Å². The average Bonchev–Trinajstić information content (AvgIpc) is 2.53. The number of hydrogen-bond donors (Lipinski definition) is 0. The Morgan fingerprint density at radius 1 is 1.25 bits per heavy atom. The topological polar surface area (TPSA) is 52.6 Å². The van der Waals surface area contributed by atoms with E-state index >= 15 is 0 Å². The second kappa shape index (κ2) is 7.38. The lowest BCUT2D eigenvalue weighted by Gasteiger charge is -2.18. The van der Waals surface area contributed by atoms with Gasteiger partial charge >= 0.3 is 12.1 Å². The molecule has 1 aromatic rings. The molecule has 1 atom stereocenters. The second-order valence-corrected chi connectivity index (χ2v) is 6.60. The van der Waals surface area contributed by atoms with Crippen molar-refractivity contribution in [3.8, 4) is 5.75 Å². The van der Waals surface area contributed by atoms with Crippen molar-refractivity contribution >= 4 is 16.8 Å². The molecule has 132 valence electrons. The van der Waals surface area contributed by atoms with E-state index in [2.05, 4.69) is 0 Å². The van der Waals surface area contributed by atoms with Crippen LogP contribution in [0.25, 0.3) is 0 Å². The Morgan fingerprint density at radius 3 is 2.46 bits per heavy atom. The fourth-order valence-electron chi connectivity index (χ4n) is 2.51. The van der Waals surface area contributed by atoms with Crippen molar-refractivity contribution in [3.05, 3.63) is 35.1 Å². The molecule has 1 unspecified atom stereocenters. The molecular formula is C16H17F3O4S. The largest absolute Gasteiger partial charge is 0.495 e. The van der Waals surface area contributed by atoms with E-state index in [1.165, 1.54) is 0 Å². The molecule has 0 saturated heterocycles. The molecule has 0 bridgehead atoms. The van der Waals surface area contributed by atoms with Crippen molar-refractivity contribution < 1.29 is 31.6 Å². The molecule has 0 N–H and O–H groups in total. The molecule has 1 aliphatic rings. The predicted molar refractivity (Wildman–Crippen MR) is 82.3 cm³/mol. The van der Waals surface area contributed by atoms with Gasteiger partial charge in [-0.1, -0.05) is 0 Å². The molecule has 0 aliphatic heterocycles. The molecule has 1 aliphatic carbocycles. The standard InChI is InChI=1S/C16H17F3O4S/c1-22-13-11(15(20)23-10-6-4-3-5-7-10)8-9-12(16(17,18)19)14(13)24(2)21/h6,8-9H,3-5,7H2,1-2H3. The first-order chi connectivity index (χ1) is 11.3. The van der Waals surface area contributed by atoms with Crippen LogP contribution in [0.15, 0.2) is 28.9 Å². The molecule has 0 aromatic heterocycles. The van der Waals surface area contributed by atoms with E-state index in [1.807, 2.05) is 0 Å². The highest BCUT2D eigenvalue weighted by atomic mass is 32.2. The van der Waals surface area contributed by atoms with E-state index in [0.717, 1.165) is 44.8 Å². The third-order valence-electron chi connectivity index (χ3n) is 3.60. The summed E-state index contributed by atoms with van der Waals surface area (Å²) < 4.78 is 61.4. The van der Waals surface area contributed by atoms with Crippen LogP contribution in [-0.4, -0.2) is 23.5 Å². The lowest BCUT2D eigenvalue weighted by molar-refractivity contribution is -0.140.